The number of rotatable bonds is 3. The molecule has 0 radical (unpaired) electrons. The number of nitrogens with one attached hydrogen (secondary N) is 1. The lowest BCUT2D eigenvalue weighted by atomic mass is 9.88. The van der Waals surface area contributed by atoms with Gasteiger partial charge in [-0.05, 0) is 43.2 Å². The van der Waals surface area contributed by atoms with E-state index in [-0.39, 0.29) is 28.0 Å². The first-order valence-electron chi connectivity index (χ1n) is 13.4. The zero-order chi connectivity index (χ0) is 28.1. The van der Waals surface area contributed by atoms with Gasteiger partial charge < -0.3 is 14.4 Å². The highest BCUT2D eigenvalue weighted by Crippen LogP contribution is 2.31. The van der Waals surface area contributed by atoms with E-state index in [9.17, 15) is 13.2 Å². The van der Waals surface area contributed by atoms with Gasteiger partial charge in [0.15, 0.2) is 0 Å². The van der Waals surface area contributed by atoms with Crippen molar-refractivity contribution in [1.82, 2.24) is 19.8 Å². The van der Waals surface area contributed by atoms with Crippen molar-refractivity contribution in [2.75, 3.05) is 50.7 Å². The molecule has 1 aromatic heterocycles. The summed E-state index contributed by atoms with van der Waals surface area (Å²) >= 11 is 0. The number of ether oxygens (including phenoxy) is 2. The molecule has 40 heavy (non-hydrogen) atoms. The van der Waals surface area contributed by atoms with E-state index in [0.29, 0.717) is 50.7 Å². The predicted molar refractivity (Wildman–Crippen MR) is 150 cm³/mol. The van der Waals surface area contributed by atoms with Crippen molar-refractivity contribution >= 4 is 21.9 Å². The van der Waals surface area contributed by atoms with Crippen LogP contribution in [0, 0.1) is 19.3 Å². The maximum absolute atomic E-state index is 13.6. The lowest BCUT2D eigenvalue weighted by Crippen LogP contribution is -2.50. The Morgan fingerprint density at radius 2 is 1.77 bits per heavy atom. The van der Waals surface area contributed by atoms with E-state index in [0.717, 1.165) is 23.2 Å². The van der Waals surface area contributed by atoms with Crippen LogP contribution >= 0.6 is 0 Å². The zero-order valence-corrected chi connectivity index (χ0v) is 23.7. The van der Waals surface area contributed by atoms with Gasteiger partial charge in [-0.2, -0.15) is 4.98 Å². The molecule has 4 heterocycles. The molecule has 1 amide bonds. The number of carbonyl (C=O) groups is 1. The lowest BCUT2D eigenvalue weighted by Gasteiger charge is -2.42. The molecule has 0 saturated carbocycles. The number of aromatic nitrogens is 2. The van der Waals surface area contributed by atoms with Crippen LogP contribution in [0.3, 0.4) is 0 Å². The van der Waals surface area contributed by atoms with Crippen LogP contribution in [0.2, 0.25) is 0 Å². The summed E-state index contributed by atoms with van der Waals surface area (Å²) in [6.07, 6.45) is -0.398. The molecule has 3 aromatic rings. The smallest absolute Gasteiger partial charge is 0.264 e. The van der Waals surface area contributed by atoms with Crippen molar-refractivity contribution in [1.29, 1.82) is 0 Å². The van der Waals surface area contributed by atoms with E-state index in [1.54, 1.807) is 23.1 Å². The molecule has 2 saturated heterocycles. The van der Waals surface area contributed by atoms with Crippen LogP contribution in [0.25, 0.3) is 11.3 Å². The van der Waals surface area contributed by atoms with Crippen molar-refractivity contribution in [3.05, 3.63) is 65.2 Å². The summed E-state index contributed by atoms with van der Waals surface area (Å²) in [5, 5.41) is 0. The van der Waals surface area contributed by atoms with Gasteiger partial charge in [-0.15, -0.1) is 0 Å². The van der Waals surface area contributed by atoms with Gasteiger partial charge in [0.2, 0.25) is 11.8 Å². The Morgan fingerprint density at radius 1 is 1.02 bits per heavy atom. The van der Waals surface area contributed by atoms with Crippen LogP contribution in [-0.4, -0.2) is 86.1 Å². The Balaban J connectivity index is 1.46. The Bertz CT molecular complexity index is 1550. The van der Waals surface area contributed by atoms with Crippen molar-refractivity contribution in [2.45, 2.75) is 31.8 Å². The molecule has 2 aromatic carbocycles. The summed E-state index contributed by atoms with van der Waals surface area (Å²) in [6, 6.07) is 13.8. The zero-order valence-electron chi connectivity index (χ0n) is 22.9. The topological polar surface area (TPSA) is 114 Å². The van der Waals surface area contributed by atoms with Crippen LogP contribution in [0.15, 0.2) is 53.4 Å². The molecule has 1 unspecified atom stereocenters. The van der Waals surface area contributed by atoms with Crippen molar-refractivity contribution < 1.29 is 22.7 Å². The van der Waals surface area contributed by atoms with E-state index in [4.69, 9.17) is 9.47 Å². The van der Waals surface area contributed by atoms with E-state index >= 15 is 0 Å². The second-order valence-corrected chi connectivity index (χ2v) is 13.0. The molecule has 3 aliphatic rings. The fourth-order valence-electron chi connectivity index (χ4n) is 5.73. The summed E-state index contributed by atoms with van der Waals surface area (Å²) < 4.78 is 41.2. The molecule has 11 heteroatoms. The average Bonchev–Trinajstić information content (AvgIpc) is 3.08. The maximum Gasteiger partial charge on any atom is 0.264 e. The number of benzene rings is 2. The summed E-state index contributed by atoms with van der Waals surface area (Å²) in [5.74, 6) is -0.0831. The lowest BCUT2D eigenvalue weighted by molar-refractivity contribution is -0.116. The molecular formula is C29H33N5O5S. The highest BCUT2D eigenvalue weighted by atomic mass is 32.2. The minimum atomic E-state index is -4.08. The molecule has 6 rings (SSSR count). The van der Waals surface area contributed by atoms with Crippen LogP contribution in [-0.2, 0) is 14.8 Å². The van der Waals surface area contributed by atoms with Crippen molar-refractivity contribution in [2.24, 2.45) is 5.41 Å². The quantitative estimate of drug-likeness (QED) is 0.517. The van der Waals surface area contributed by atoms with E-state index in [2.05, 4.69) is 26.5 Å². The number of fused-ring (bicyclic) bond motifs is 6. The normalized spacial score (nSPS) is 21.9. The number of aryl methyl sites for hydroxylation is 2. The van der Waals surface area contributed by atoms with Gasteiger partial charge in [0.1, 0.15) is 6.10 Å². The van der Waals surface area contributed by atoms with Crippen LogP contribution < -0.4 is 9.46 Å². The van der Waals surface area contributed by atoms with Crippen LogP contribution in [0.4, 0.5) is 5.95 Å². The number of carbonyl (C=O) groups excluding carboxylic acids is 1. The first-order chi connectivity index (χ1) is 19.1. The predicted octanol–water partition coefficient (Wildman–Crippen LogP) is 3.12. The first kappa shape index (κ1) is 26.7. The summed E-state index contributed by atoms with van der Waals surface area (Å²) in [7, 11) is -4.08. The van der Waals surface area contributed by atoms with Crippen LogP contribution in [0.5, 0.6) is 5.88 Å². The molecule has 210 valence electrons. The van der Waals surface area contributed by atoms with E-state index in [1.807, 2.05) is 32.0 Å². The Labute approximate surface area is 234 Å². The highest BCUT2D eigenvalue weighted by Gasteiger charge is 2.38. The van der Waals surface area contributed by atoms with Gasteiger partial charge in [0.25, 0.3) is 15.9 Å². The third-order valence-corrected chi connectivity index (χ3v) is 9.04. The number of hydrogen-bond acceptors (Lipinski definition) is 8. The average molecular weight is 564 g/mol. The minimum Gasteiger partial charge on any atom is -0.471 e. The van der Waals surface area contributed by atoms with Gasteiger partial charge in [-0.1, -0.05) is 31.2 Å². The van der Waals surface area contributed by atoms with E-state index < -0.39 is 16.1 Å². The number of nitrogens with zero attached hydrogens (tertiary/aromatic N) is 4. The monoisotopic (exact) mass is 563 g/mol. The minimum absolute atomic E-state index is 0.0351. The molecule has 10 nitrogen and oxygen atoms in total. The highest BCUT2D eigenvalue weighted by molar-refractivity contribution is 7.92. The molecule has 2 fully saturated rings. The fourth-order valence-corrected chi connectivity index (χ4v) is 6.72. The maximum atomic E-state index is 13.6. The Hall–Kier alpha value is -3.54. The molecule has 6 bridgehead atoms. The molecule has 3 aliphatic heterocycles. The number of hydrogen-bond donors (Lipinski definition) is 1. The molecule has 0 aliphatic carbocycles. The molecular weight excluding hydrogens is 530 g/mol. The van der Waals surface area contributed by atoms with Gasteiger partial charge in [0.05, 0.1) is 30.3 Å². The first-order valence-corrected chi connectivity index (χ1v) is 14.9. The number of amides is 1. The second kappa shape index (κ2) is 10.1. The fraction of sp³-hybridized carbons (Fsp3) is 0.414. The van der Waals surface area contributed by atoms with E-state index in [1.165, 1.54) is 12.1 Å². The standard InChI is InChI=1S/C29H33N5O5S/c1-19-6-4-7-20(2)26(19)24-13-25-31-28(30-24)32-40(36,37)23-9-5-8-21(12-23)27(35)34-11-10-33(14-22(15-34)39-25)16-29(3)17-38-18-29/h4-9,12-13,22H,10-11,14-18H2,1-3H3,(H,30,31,32). The summed E-state index contributed by atoms with van der Waals surface area (Å²) in [5.41, 5.74) is 3.81. The third kappa shape index (κ3) is 5.28. The summed E-state index contributed by atoms with van der Waals surface area (Å²) in [4.78, 5) is 26.7. The number of sulfonamides is 1. The van der Waals surface area contributed by atoms with Gasteiger partial charge in [0, 0.05) is 48.8 Å². The van der Waals surface area contributed by atoms with Crippen molar-refractivity contribution in [3.63, 3.8) is 0 Å². The molecule has 0 spiro atoms. The van der Waals surface area contributed by atoms with Crippen LogP contribution in [0.1, 0.15) is 28.4 Å². The molecule has 1 N–H and O–H groups in total. The molecule has 1 atom stereocenters. The van der Waals surface area contributed by atoms with Gasteiger partial charge in [-0.25, -0.2) is 18.1 Å². The summed E-state index contributed by atoms with van der Waals surface area (Å²) in [6.45, 7) is 10.5. The largest absolute Gasteiger partial charge is 0.471 e. The van der Waals surface area contributed by atoms with Gasteiger partial charge >= 0.3 is 0 Å². The Morgan fingerprint density at radius 3 is 2.50 bits per heavy atom. The van der Waals surface area contributed by atoms with Crippen molar-refractivity contribution in [3.8, 4) is 17.1 Å². The third-order valence-electron chi connectivity index (χ3n) is 7.71. The second-order valence-electron chi connectivity index (χ2n) is 11.3. The SMILES string of the molecule is Cc1cccc(C)c1-c1cc2nc(n1)NS(=O)(=O)c1cccc(c1)C(=O)N1CCN(CC3(C)COC3)CC(C1)O2. The Kier molecular flexibility index (Phi) is 6.76. The number of anilines is 1. The van der Waals surface area contributed by atoms with Gasteiger partial charge in [-0.3, -0.25) is 9.69 Å².